The molecule has 2 heterocycles. The van der Waals surface area contributed by atoms with E-state index in [1.165, 1.54) is 25.1 Å². The molecule has 2 atom stereocenters. The molecule has 0 radical (unpaired) electrons. The number of nitrogens with zero attached hydrogens (tertiary/aromatic N) is 5. The van der Waals surface area contributed by atoms with Gasteiger partial charge in [0.1, 0.15) is 5.75 Å². The molecule has 0 bridgehead atoms. The van der Waals surface area contributed by atoms with Gasteiger partial charge in [-0.3, -0.25) is 9.59 Å². The van der Waals surface area contributed by atoms with Crippen molar-refractivity contribution in [3.8, 4) is 11.4 Å². The summed E-state index contributed by atoms with van der Waals surface area (Å²) in [7, 11) is 0. The molecule has 4 rings (SSSR count). The molecule has 196 valence electrons. The predicted molar refractivity (Wildman–Crippen MR) is 126 cm³/mol. The number of hydrogen-bond donors (Lipinski definition) is 3. The molecule has 3 aromatic rings. The molecule has 37 heavy (non-hydrogen) atoms. The number of aromatic nitrogens is 4. The Bertz CT molecular complexity index is 1250. The summed E-state index contributed by atoms with van der Waals surface area (Å²) >= 11 is 0. The maximum absolute atomic E-state index is 13.2. The van der Waals surface area contributed by atoms with Gasteiger partial charge in [-0.1, -0.05) is 30.3 Å². The van der Waals surface area contributed by atoms with E-state index in [1.54, 1.807) is 4.90 Å². The van der Waals surface area contributed by atoms with Crippen molar-refractivity contribution in [2.45, 2.75) is 38.0 Å². The average molecular weight is 518 g/mol. The van der Waals surface area contributed by atoms with Gasteiger partial charge in [0.25, 0.3) is 5.82 Å². The van der Waals surface area contributed by atoms with Gasteiger partial charge >= 0.3 is 6.18 Å². The third kappa shape index (κ3) is 6.23. The van der Waals surface area contributed by atoms with E-state index in [-0.39, 0.29) is 48.3 Å². The van der Waals surface area contributed by atoms with Gasteiger partial charge in [0.2, 0.25) is 11.8 Å². The zero-order valence-corrected chi connectivity index (χ0v) is 19.9. The highest BCUT2D eigenvalue weighted by Gasteiger charge is 2.38. The zero-order chi connectivity index (χ0) is 26.6. The molecular weight excluding hydrogens is 491 g/mol. The molecule has 1 aliphatic heterocycles. The molecule has 0 saturated carbocycles. The van der Waals surface area contributed by atoms with Crippen molar-refractivity contribution >= 4 is 11.8 Å². The van der Waals surface area contributed by atoms with Gasteiger partial charge in [-0.05, 0) is 40.6 Å². The lowest BCUT2D eigenvalue weighted by molar-refractivity contribution is -0.146. The quantitative estimate of drug-likeness (QED) is 0.438. The van der Waals surface area contributed by atoms with Crippen LogP contribution in [0.15, 0.2) is 48.5 Å². The van der Waals surface area contributed by atoms with Gasteiger partial charge in [-0.2, -0.15) is 17.9 Å². The number of carbonyl (C=O) groups is 2. The van der Waals surface area contributed by atoms with Crippen LogP contribution in [0.4, 0.5) is 13.2 Å². The molecule has 1 saturated heterocycles. The number of likely N-dealkylation sites (tertiary alicyclic amines) is 1. The predicted octanol–water partition coefficient (Wildman–Crippen LogP) is 2.00. The second kappa shape index (κ2) is 10.9. The fraction of sp³-hybridized carbons (Fsp3) is 0.375. The lowest BCUT2D eigenvalue weighted by atomic mass is 9.85. The van der Waals surface area contributed by atoms with Crippen LogP contribution in [0.1, 0.15) is 36.2 Å². The Kier molecular flexibility index (Phi) is 7.71. The number of amides is 2. The molecule has 2 amide bonds. The summed E-state index contributed by atoms with van der Waals surface area (Å²) in [5.74, 6) is -1.90. The number of phenols is 1. The Morgan fingerprint density at radius 3 is 2.62 bits per heavy atom. The topological polar surface area (TPSA) is 125 Å². The normalized spacial score (nSPS) is 18.0. The summed E-state index contributed by atoms with van der Waals surface area (Å²) in [5.41, 5.74) is 1.44. The molecular formula is C24H26F3N7O3. The minimum Gasteiger partial charge on any atom is -0.508 e. The van der Waals surface area contributed by atoms with E-state index < -0.39 is 12.0 Å². The van der Waals surface area contributed by atoms with Crippen molar-refractivity contribution < 1.29 is 27.9 Å². The zero-order valence-electron chi connectivity index (χ0n) is 19.9. The first kappa shape index (κ1) is 26.1. The molecule has 13 heteroatoms. The minimum atomic E-state index is -4.74. The highest BCUT2D eigenvalue weighted by atomic mass is 19.4. The van der Waals surface area contributed by atoms with Crippen molar-refractivity contribution in [1.82, 2.24) is 35.7 Å². The number of alkyl halides is 3. The van der Waals surface area contributed by atoms with E-state index in [0.717, 1.165) is 5.56 Å². The summed E-state index contributed by atoms with van der Waals surface area (Å²) in [5, 5.41) is 26.0. The number of tetrazole rings is 1. The first-order valence-corrected chi connectivity index (χ1v) is 11.6. The fourth-order valence-corrected chi connectivity index (χ4v) is 4.40. The van der Waals surface area contributed by atoms with Crippen LogP contribution < -0.4 is 10.6 Å². The molecule has 0 aliphatic carbocycles. The van der Waals surface area contributed by atoms with E-state index in [4.69, 9.17) is 0 Å². The van der Waals surface area contributed by atoms with Crippen LogP contribution in [0.5, 0.6) is 5.75 Å². The van der Waals surface area contributed by atoms with E-state index in [2.05, 4.69) is 26.2 Å². The van der Waals surface area contributed by atoms with Crippen LogP contribution in [0.25, 0.3) is 5.69 Å². The second-order valence-corrected chi connectivity index (χ2v) is 8.77. The maximum Gasteiger partial charge on any atom is 0.453 e. The molecule has 1 fully saturated rings. The van der Waals surface area contributed by atoms with Crippen LogP contribution in [0.2, 0.25) is 0 Å². The van der Waals surface area contributed by atoms with Crippen molar-refractivity contribution in [2.75, 3.05) is 19.6 Å². The van der Waals surface area contributed by atoms with Crippen molar-refractivity contribution in [3.63, 3.8) is 0 Å². The van der Waals surface area contributed by atoms with Crippen LogP contribution in [-0.2, 0) is 22.3 Å². The van der Waals surface area contributed by atoms with E-state index in [1.807, 2.05) is 30.3 Å². The van der Waals surface area contributed by atoms with Gasteiger partial charge in [0.15, 0.2) is 0 Å². The largest absolute Gasteiger partial charge is 0.508 e. The first-order valence-electron chi connectivity index (χ1n) is 11.6. The number of aromatic hydroxyl groups is 1. The van der Waals surface area contributed by atoms with Gasteiger partial charge in [0.05, 0.1) is 12.2 Å². The van der Waals surface area contributed by atoms with Gasteiger partial charge < -0.3 is 20.6 Å². The summed E-state index contributed by atoms with van der Waals surface area (Å²) in [6, 6.07) is 13.6. The summed E-state index contributed by atoms with van der Waals surface area (Å²) in [4.78, 5) is 25.5. The first-order chi connectivity index (χ1) is 17.6. The fourth-order valence-electron chi connectivity index (χ4n) is 4.40. The highest BCUT2D eigenvalue weighted by molar-refractivity contribution is 5.83. The Hall–Kier alpha value is -4.00. The van der Waals surface area contributed by atoms with Crippen molar-refractivity contribution in [2.24, 2.45) is 0 Å². The lowest BCUT2D eigenvalue weighted by Crippen LogP contribution is -2.51. The molecule has 0 spiro atoms. The van der Waals surface area contributed by atoms with Crippen molar-refractivity contribution in [3.05, 3.63) is 65.5 Å². The number of phenolic OH excluding ortho intramolecular Hbond substituents is 1. The van der Waals surface area contributed by atoms with E-state index in [0.29, 0.717) is 29.8 Å². The maximum atomic E-state index is 13.2. The third-order valence-electron chi connectivity index (χ3n) is 6.27. The standard InChI is InChI=1S/C24H26F3N7O3/c1-15(35)28-13-22(37)33-10-9-20(19(14-33)16-5-3-2-4-6-16)29-12-17-11-18(7-8-21(17)36)34-23(24(25,26)27)30-31-32-34/h2-8,11,19-20,29,36H,9-10,12-14H2,1H3,(H,28,35)/t19-,20-/m0/s1. The Balaban J connectivity index is 1.51. The number of halogens is 3. The Morgan fingerprint density at radius 1 is 1.16 bits per heavy atom. The molecule has 2 aromatic carbocycles. The number of carbonyl (C=O) groups excluding carboxylic acids is 2. The number of rotatable bonds is 7. The smallest absolute Gasteiger partial charge is 0.453 e. The van der Waals surface area contributed by atoms with Crippen LogP contribution >= 0.6 is 0 Å². The van der Waals surface area contributed by atoms with Gasteiger partial charge in [-0.15, -0.1) is 5.10 Å². The summed E-state index contributed by atoms with van der Waals surface area (Å²) < 4.78 is 40.3. The van der Waals surface area contributed by atoms with Crippen LogP contribution in [0, 0.1) is 0 Å². The minimum absolute atomic E-state index is 0.0601. The van der Waals surface area contributed by atoms with E-state index in [9.17, 15) is 27.9 Å². The Labute approximate surface area is 210 Å². The molecule has 0 unspecified atom stereocenters. The lowest BCUT2D eigenvalue weighted by Gasteiger charge is -2.39. The number of piperidine rings is 1. The molecule has 10 nitrogen and oxygen atoms in total. The SMILES string of the molecule is CC(=O)NCC(=O)N1CC[C@H](NCc2cc(-n3nnnc3C(F)(F)F)ccc2O)[C@H](c2ccccc2)C1. The third-order valence-corrected chi connectivity index (χ3v) is 6.27. The highest BCUT2D eigenvalue weighted by Crippen LogP contribution is 2.31. The number of nitrogens with one attached hydrogen (secondary N) is 2. The molecule has 1 aromatic heterocycles. The summed E-state index contributed by atoms with van der Waals surface area (Å²) in [6.45, 7) is 2.32. The summed E-state index contributed by atoms with van der Waals surface area (Å²) in [6.07, 6.45) is -4.15. The van der Waals surface area contributed by atoms with Crippen LogP contribution in [-0.4, -0.2) is 67.7 Å². The van der Waals surface area contributed by atoms with E-state index >= 15 is 0 Å². The van der Waals surface area contributed by atoms with Gasteiger partial charge in [0, 0.05) is 44.1 Å². The van der Waals surface area contributed by atoms with Gasteiger partial charge in [-0.25, -0.2) is 0 Å². The Morgan fingerprint density at radius 2 is 1.92 bits per heavy atom. The second-order valence-electron chi connectivity index (χ2n) is 8.77. The average Bonchev–Trinajstić information content (AvgIpc) is 3.38. The molecule has 1 aliphatic rings. The van der Waals surface area contributed by atoms with Crippen LogP contribution in [0.3, 0.4) is 0 Å². The van der Waals surface area contributed by atoms with Crippen molar-refractivity contribution in [1.29, 1.82) is 0 Å². The number of hydrogen-bond acceptors (Lipinski definition) is 7. The monoisotopic (exact) mass is 517 g/mol. The molecule has 3 N–H and O–H groups in total. The number of benzene rings is 2.